The van der Waals surface area contributed by atoms with Crippen molar-refractivity contribution in [3.63, 3.8) is 0 Å². The maximum absolute atomic E-state index is 6.49. The average Bonchev–Trinajstić information content (AvgIpc) is 3.57. The van der Waals surface area contributed by atoms with Crippen LogP contribution in [0.15, 0.2) is 150 Å². The van der Waals surface area contributed by atoms with Crippen LogP contribution < -0.4 is 4.90 Å². The van der Waals surface area contributed by atoms with E-state index in [9.17, 15) is 0 Å². The van der Waals surface area contributed by atoms with E-state index in [0.29, 0.717) is 0 Å². The lowest BCUT2D eigenvalue weighted by atomic mass is 9.70. The first-order valence-corrected chi connectivity index (χ1v) is 15.3. The second-order valence-corrected chi connectivity index (χ2v) is 12.2. The van der Waals surface area contributed by atoms with Crippen LogP contribution in [0.5, 0.6) is 0 Å². The number of rotatable bonds is 2. The molecule has 7 aromatic carbocycles. The summed E-state index contributed by atoms with van der Waals surface area (Å²) < 4.78 is 6.49. The molecule has 0 amide bonds. The second kappa shape index (κ2) is 8.49. The Morgan fingerprint density at radius 1 is 0.477 bits per heavy atom. The minimum atomic E-state index is -0.230. The van der Waals surface area contributed by atoms with Gasteiger partial charge in [-0.05, 0) is 87.5 Å². The van der Waals surface area contributed by atoms with Gasteiger partial charge in [0.25, 0.3) is 0 Å². The van der Waals surface area contributed by atoms with Crippen LogP contribution in [0.25, 0.3) is 55.0 Å². The molecule has 44 heavy (non-hydrogen) atoms. The predicted molar refractivity (Wildman–Crippen MR) is 182 cm³/mol. The largest absolute Gasteiger partial charge is 0.456 e. The maximum atomic E-state index is 6.49. The Labute approximate surface area is 255 Å². The van der Waals surface area contributed by atoms with Gasteiger partial charge in [0.2, 0.25) is 0 Å². The van der Waals surface area contributed by atoms with Gasteiger partial charge < -0.3 is 9.32 Å². The van der Waals surface area contributed by atoms with E-state index in [0.717, 1.165) is 27.6 Å². The predicted octanol–water partition coefficient (Wildman–Crippen LogP) is 11.5. The minimum absolute atomic E-state index is 0.230. The highest BCUT2D eigenvalue weighted by Crippen LogP contribution is 2.62. The molecule has 2 nitrogen and oxygen atoms in total. The third-order valence-electron chi connectivity index (χ3n) is 10.0. The third kappa shape index (κ3) is 2.95. The lowest BCUT2D eigenvalue weighted by Gasteiger charge is -2.42. The van der Waals surface area contributed by atoms with Crippen LogP contribution in [-0.4, -0.2) is 0 Å². The Morgan fingerprint density at radius 3 is 1.95 bits per heavy atom. The second-order valence-electron chi connectivity index (χ2n) is 12.2. The van der Waals surface area contributed by atoms with Crippen molar-refractivity contribution in [1.82, 2.24) is 0 Å². The molecule has 0 saturated carbocycles. The molecule has 2 heteroatoms. The molecule has 0 saturated heterocycles. The molecular formula is C42H27NO. The number of hydrogen-bond acceptors (Lipinski definition) is 2. The number of furan rings is 1. The van der Waals surface area contributed by atoms with E-state index in [1.165, 1.54) is 61.1 Å². The fraction of sp³-hybridized carbons (Fsp3) is 0.0476. The van der Waals surface area contributed by atoms with Crippen molar-refractivity contribution in [3.05, 3.63) is 162 Å². The molecule has 1 unspecified atom stereocenters. The zero-order valence-corrected chi connectivity index (χ0v) is 24.2. The molecule has 206 valence electrons. The Kier molecular flexibility index (Phi) is 4.61. The lowest BCUT2D eigenvalue weighted by Crippen LogP contribution is -2.32. The number of para-hydroxylation sites is 2. The Hall–Kier alpha value is -5.60. The van der Waals surface area contributed by atoms with Crippen LogP contribution in [0.2, 0.25) is 0 Å². The number of benzene rings is 7. The van der Waals surface area contributed by atoms with E-state index in [2.05, 4.69) is 157 Å². The molecule has 1 aliphatic heterocycles. The van der Waals surface area contributed by atoms with Crippen molar-refractivity contribution >= 4 is 49.8 Å². The summed E-state index contributed by atoms with van der Waals surface area (Å²) in [5.74, 6) is 0. The van der Waals surface area contributed by atoms with Gasteiger partial charge in [0.15, 0.2) is 0 Å². The van der Waals surface area contributed by atoms with Gasteiger partial charge in [0.1, 0.15) is 11.2 Å². The number of anilines is 3. The molecule has 1 aromatic heterocycles. The standard InChI is InChI=1S/C42H27NO/c1-42-33-18-6-4-14-28(33)31-17-10-22-37(41(31)42)43(36-21-9-7-19-34(36)42)35-20-8-5-15-29(35)30-16-11-23-38-40(30)32-24-26-12-2-3-13-27(26)25-39(32)44-38/h2-25H,1H3. The lowest BCUT2D eigenvalue weighted by molar-refractivity contribution is 0.669. The van der Waals surface area contributed by atoms with Gasteiger partial charge in [-0.15, -0.1) is 0 Å². The summed E-state index contributed by atoms with van der Waals surface area (Å²) in [7, 11) is 0. The highest BCUT2D eigenvalue weighted by Gasteiger charge is 2.48. The Bertz CT molecular complexity index is 2480. The zero-order valence-electron chi connectivity index (χ0n) is 24.2. The van der Waals surface area contributed by atoms with Gasteiger partial charge in [-0.3, -0.25) is 0 Å². The highest BCUT2D eigenvalue weighted by atomic mass is 16.3. The average molecular weight is 562 g/mol. The van der Waals surface area contributed by atoms with Crippen LogP contribution in [0, 0.1) is 0 Å². The van der Waals surface area contributed by atoms with E-state index in [4.69, 9.17) is 4.42 Å². The summed E-state index contributed by atoms with van der Waals surface area (Å²) in [6.07, 6.45) is 0. The van der Waals surface area contributed by atoms with Crippen LogP contribution in [0.4, 0.5) is 17.1 Å². The van der Waals surface area contributed by atoms with E-state index in [1.807, 2.05) is 0 Å². The first kappa shape index (κ1) is 23.9. The van der Waals surface area contributed by atoms with Crippen LogP contribution >= 0.6 is 0 Å². The third-order valence-corrected chi connectivity index (χ3v) is 10.0. The minimum Gasteiger partial charge on any atom is -0.456 e. The van der Waals surface area contributed by atoms with Crippen molar-refractivity contribution in [1.29, 1.82) is 0 Å². The fourth-order valence-corrected chi connectivity index (χ4v) is 8.16. The summed E-state index contributed by atoms with van der Waals surface area (Å²) in [5.41, 5.74) is 14.3. The van der Waals surface area contributed by atoms with Crippen molar-refractivity contribution < 1.29 is 4.42 Å². The Morgan fingerprint density at radius 2 is 1.09 bits per heavy atom. The maximum Gasteiger partial charge on any atom is 0.136 e. The number of fused-ring (bicyclic) bond motifs is 9. The molecule has 10 rings (SSSR count). The van der Waals surface area contributed by atoms with E-state index in [1.54, 1.807) is 0 Å². The van der Waals surface area contributed by atoms with Crippen molar-refractivity contribution in [2.24, 2.45) is 0 Å². The van der Waals surface area contributed by atoms with Gasteiger partial charge in [-0.25, -0.2) is 0 Å². The number of nitrogens with zero attached hydrogens (tertiary/aromatic N) is 1. The van der Waals surface area contributed by atoms with Gasteiger partial charge in [-0.2, -0.15) is 0 Å². The SMILES string of the molecule is CC12c3ccccc3-c3cccc(c31)N(c1ccccc1-c1cccc3oc4cc5ccccc5cc4c13)c1ccccc12. The normalized spacial score (nSPS) is 16.3. The van der Waals surface area contributed by atoms with Crippen LogP contribution in [-0.2, 0) is 5.41 Å². The van der Waals surface area contributed by atoms with Gasteiger partial charge in [-0.1, -0.05) is 109 Å². The zero-order chi connectivity index (χ0) is 29.0. The molecule has 0 radical (unpaired) electrons. The van der Waals surface area contributed by atoms with Gasteiger partial charge >= 0.3 is 0 Å². The van der Waals surface area contributed by atoms with Crippen LogP contribution in [0.1, 0.15) is 23.6 Å². The van der Waals surface area contributed by atoms with E-state index in [-0.39, 0.29) is 5.41 Å². The summed E-state index contributed by atoms with van der Waals surface area (Å²) in [4.78, 5) is 2.49. The highest BCUT2D eigenvalue weighted by molar-refractivity contribution is 6.17. The molecule has 1 aliphatic carbocycles. The quantitative estimate of drug-likeness (QED) is 0.209. The smallest absolute Gasteiger partial charge is 0.136 e. The first-order valence-electron chi connectivity index (χ1n) is 15.3. The van der Waals surface area contributed by atoms with Crippen molar-refractivity contribution in [2.45, 2.75) is 12.3 Å². The molecule has 8 aromatic rings. The molecule has 0 spiro atoms. The monoisotopic (exact) mass is 561 g/mol. The molecule has 0 bridgehead atoms. The van der Waals surface area contributed by atoms with E-state index >= 15 is 0 Å². The summed E-state index contributed by atoms with van der Waals surface area (Å²) in [5, 5.41) is 4.70. The Balaban J connectivity index is 1.28. The number of hydrogen-bond donors (Lipinski definition) is 0. The molecule has 2 heterocycles. The molecule has 0 fully saturated rings. The van der Waals surface area contributed by atoms with E-state index < -0.39 is 0 Å². The summed E-state index contributed by atoms with van der Waals surface area (Å²) >= 11 is 0. The fourth-order valence-electron chi connectivity index (χ4n) is 8.16. The van der Waals surface area contributed by atoms with Crippen molar-refractivity contribution in [3.8, 4) is 22.3 Å². The first-order chi connectivity index (χ1) is 21.7. The van der Waals surface area contributed by atoms with Gasteiger partial charge in [0, 0.05) is 21.8 Å². The van der Waals surface area contributed by atoms with Gasteiger partial charge in [0.05, 0.1) is 17.1 Å². The van der Waals surface area contributed by atoms with Crippen LogP contribution in [0.3, 0.4) is 0 Å². The molecule has 1 atom stereocenters. The van der Waals surface area contributed by atoms with Crippen molar-refractivity contribution in [2.75, 3.05) is 4.90 Å². The summed E-state index contributed by atoms with van der Waals surface area (Å²) in [6.45, 7) is 2.41. The molecule has 2 aliphatic rings. The summed E-state index contributed by atoms with van der Waals surface area (Å²) in [6, 6.07) is 53.0. The molecular weight excluding hydrogens is 534 g/mol. The molecule has 0 N–H and O–H groups in total. The topological polar surface area (TPSA) is 16.4 Å².